The summed E-state index contributed by atoms with van der Waals surface area (Å²) in [6.07, 6.45) is -6.99. The molecule has 0 amide bonds. The highest BCUT2D eigenvalue weighted by atomic mass is 127. The maximum absolute atomic E-state index is 14.0. The Morgan fingerprint density at radius 3 is 2.50 bits per heavy atom. The maximum Gasteiger partial charge on any atom is 0.573 e. The van der Waals surface area contributed by atoms with Crippen LogP contribution in [0.2, 0.25) is 0 Å². The monoisotopic (exact) mass is 807 g/mol. The van der Waals surface area contributed by atoms with Crippen LogP contribution in [0.4, 0.5) is 31.5 Å². The summed E-state index contributed by atoms with van der Waals surface area (Å²) in [6.45, 7) is 2.04. The number of ether oxygens (including phenoxy) is 3. The van der Waals surface area contributed by atoms with Gasteiger partial charge in [0.05, 0.1) is 40.7 Å². The molecule has 1 saturated carbocycles. The molecule has 2 fully saturated rings. The zero-order valence-electron chi connectivity index (χ0n) is 25.4. The molecule has 1 saturated heterocycles. The number of para-hydroxylation sites is 1. The Balaban J connectivity index is 1.19. The number of anilines is 1. The van der Waals surface area contributed by atoms with Crippen LogP contribution < -0.4 is 9.64 Å². The molecule has 2 aromatic heterocycles. The molecule has 2 aromatic carbocycles. The van der Waals surface area contributed by atoms with Gasteiger partial charge in [-0.15, -0.1) is 24.5 Å². The van der Waals surface area contributed by atoms with Gasteiger partial charge in [0.2, 0.25) is 0 Å². The zero-order valence-corrected chi connectivity index (χ0v) is 28.4. The molecule has 0 radical (unpaired) electrons. The fourth-order valence-corrected chi connectivity index (χ4v) is 8.36. The number of alkyl halides is 7. The minimum absolute atomic E-state index is 0.0644. The topological polar surface area (TPSA) is 86.9 Å². The van der Waals surface area contributed by atoms with Gasteiger partial charge in [0.15, 0.2) is 5.13 Å². The molecule has 3 atom stereocenters. The molecule has 6 rings (SSSR count). The number of hydrogen-bond acceptors (Lipinski definition) is 9. The van der Waals surface area contributed by atoms with Crippen LogP contribution in [0.15, 0.2) is 52.4 Å². The van der Waals surface area contributed by atoms with Gasteiger partial charge < -0.3 is 23.6 Å². The largest absolute Gasteiger partial charge is 0.573 e. The molecule has 0 spiro atoms. The van der Waals surface area contributed by atoms with Crippen molar-refractivity contribution >= 4 is 45.0 Å². The third-order valence-corrected chi connectivity index (χ3v) is 10.1. The predicted molar refractivity (Wildman–Crippen MR) is 172 cm³/mol. The average Bonchev–Trinajstić information content (AvgIpc) is 3.60. The van der Waals surface area contributed by atoms with Crippen molar-refractivity contribution in [3.8, 4) is 28.3 Å². The molecule has 48 heavy (non-hydrogen) atoms. The van der Waals surface area contributed by atoms with Crippen molar-refractivity contribution < 1.29 is 49.9 Å². The van der Waals surface area contributed by atoms with Crippen LogP contribution in [0.25, 0.3) is 22.5 Å². The number of piperidine rings is 1. The Kier molecular flexibility index (Phi) is 9.70. The van der Waals surface area contributed by atoms with Gasteiger partial charge in [-0.05, 0) is 50.5 Å². The summed E-state index contributed by atoms with van der Waals surface area (Å²) in [5.74, 6) is -0.550. The van der Waals surface area contributed by atoms with E-state index in [1.54, 1.807) is 11.4 Å². The maximum atomic E-state index is 14.0. The molecular weight excluding hydrogens is 779 g/mol. The Morgan fingerprint density at radius 1 is 1.08 bits per heavy atom. The zero-order chi connectivity index (χ0) is 34.4. The van der Waals surface area contributed by atoms with Crippen molar-refractivity contribution in [3.63, 3.8) is 0 Å². The van der Waals surface area contributed by atoms with Crippen LogP contribution in [0, 0.1) is 0 Å². The van der Waals surface area contributed by atoms with E-state index in [1.165, 1.54) is 41.7 Å². The SMILES string of the molecule is COC(=O)c1ccc(-c2csc(N3[C@H](C)C[C@H](OCc4c(-c5ccccc5OC(F)(F)F)noc4C4CC4)C[C@@H]3I)n2)c(C(F)(F)F)c1. The van der Waals surface area contributed by atoms with E-state index in [9.17, 15) is 31.1 Å². The van der Waals surface area contributed by atoms with E-state index in [0.717, 1.165) is 26.0 Å². The first-order valence-corrected chi connectivity index (χ1v) is 17.0. The third kappa shape index (κ3) is 7.44. The minimum atomic E-state index is -4.89. The van der Waals surface area contributed by atoms with Crippen molar-refractivity contribution in [2.75, 3.05) is 12.0 Å². The van der Waals surface area contributed by atoms with Crippen molar-refractivity contribution in [2.24, 2.45) is 0 Å². The molecule has 4 aromatic rings. The van der Waals surface area contributed by atoms with Gasteiger partial charge in [0.25, 0.3) is 0 Å². The number of carbonyl (C=O) groups excluding carboxylic acids is 1. The van der Waals surface area contributed by atoms with Crippen LogP contribution in [0.5, 0.6) is 5.75 Å². The lowest BCUT2D eigenvalue weighted by Crippen LogP contribution is -2.47. The van der Waals surface area contributed by atoms with E-state index < -0.39 is 24.1 Å². The number of methoxy groups -OCH3 is 1. The molecule has 8 nitrogen and oxygen atoms in total. The minimum Gasteiger partial charge on any atom is -0.465 e. The first kappa shape index (κ1) is 34.5. The molecule has 0 bridgehead atoms. The summed E-state index contributed by atoms with van der Waals surface area (Å²) in [4.78, 5) is 18.5. The summed E-state index contributed by atoms with van der Waals surface area (Å²) in [5.41, 5.74) is -0.247. The van der Waals surface area contributed by atoms with Gasteiger partial charge in [-0.1, -0.05) is 45.9 Å². The molecule has 16 heteroatoms. The molecular formula is C32H28F6IN3O5S. The normalized spacial score (nSPS) is 20.2. The Labute approximate surface area is 288 Å². The Hall–Kier alpha value is -3.38. The first-order valence-electron chi connectivity index (χ1n) is 14.9. The van der Waals surface area contributed by atoms with E-state index in [1.807, 2.05) is 11.8 Å². The van der Waals surface area contributed by atoms with Gasteiger partial charge in [-0.2, -0.15) is 13.2 Å². The highest BCUT2D eigenvalue weighted by Gasteiger charge is 2.39. The molecule has 0 unspecified atom stereocenters. The van der Waals surface area contributed by atoms with Gasteiger partial charge in [0.1, 0.15) is 17.2 Å². The average molecular weight is 808 g/mol. The van der Waals surface area contributed by atoms with Crippen molar-refractivity contribution in [1.29, 1.82) is 0 Å². The summed E-state index contributed by atoms with van der Waals surface area (Å²) in [7, 11) is 1.10. The van der Waals surface area contributed by atoms with Crippen LogP contribution >= 0.6 is 33.9 Å². The van der Waals surface area contributed by atoms with Gasteiger partial charge in [-0.3, -0.25) is 0 Å². The standard InChI is InChI=1S/C32H28F6IN3O5S/c1-16-11-19(45-14-22-27(41-47-28(22)17-7-8-17)21-5-3-4-6-25(21)46-32(36,37)38)13-26(39)42(16)30-40-24(15-48-30)20-10-9-18(29(43)44-2)12-23(20)31(33,34)35/h3-6,9-10,12,15-17,19,26H,7-8,11,13-14H2,1-2H3/t16-,19+,26-/m1/s1. The number of rotatable bonds is 9. The summed E-state index contributed by atoms with van der Waals surface area (Å²) in [6, 6.07) is 8.92. The quantitative estimate of drug-likeness (QED) is 0.0544. The van der Waals surface area contributed by atoms with E-state index in [-0.39, 0.29) is 62.5 Å². The molecule has 3 heterocycles. The number of nitrogens with zero attached hydrogens (tertiary/aromatic N) is 3. The van der Waals surface area contributed by atoms with Crippen molar-refractivity contribution in [1.82, 2.24) is 10.1 Å². The smallest absolute Gasteiger partial charge is 0.465 e. The number of carbonyl (C=O) groups is 1. The van der Waals surface area contributed by atoms with Crippen LogP contribution in [0.3, 0.4) is 0 Å². The Morgan fingerprint density at radius 2 is 1.83 bits per heavy atom. The van der Waals surface area contributed by atoms with E-state index in [4.69, 9.17) is 9.26 Å². The molecule has 0 N–H and O–H groups in total. The second-order valence-corrected chi connectivity index (χ2v) is 13.8. The summed E-state index contributed by atoms with van der Waals surface area (Å²) in [5, 5.41) is 6.24. The fraction of sp³-hybridized carbons (Fsp3) is 0.406. The van der Waals surface area contributed by atoms with Crippen molar-refractivity contribution in [3.05, 3.63) is 70.3 Å². The van der Waals surface area contributed by atoms with Crippen LogP contribution in [-0.2, 0) is 22.3 Å². The molecule has 1 aliphatic heterocycles. The lowest BCUT2D eigenvalue weighted by molar-refractivity contribution is -0.274. The number of halogens is 7. The van der Waals surface area contributed by atoms with Crippen molar-refractivity contribution in [2.45, 2.75) is 73.9 Å². The number of hydrogen-bond donors (Lipinski definition) is 0. The number of benzene rings is 2. The fourth-order valence-electron chi connectivity index (χ4n) is 5.81. The highest BCUT2D eigenvalue weighted by molar-refractivity contribution is 14.1. The lowest BCUT2D eigenvalue weighted by Gasteiger charge is -2.41. The molecule has 256 valence electrons. The molecule has 2 aliphatic rings. The van der Waals surface area contributed by atoms with E-state index >= 15 is 0 Å². The highest BCUT2D eigenvalue weighted by Crippen LogP contribution is 2.46. The van der Waals surface area contributed by atoms with Gasteiger partial charge >= 0.3 is 18.5 Å². The number of aromatic nitrogens is 2. The van der Waals surface area contributed by atoms with Gasteiger partial charge in [-0.25, -0.2) is 9.78 Å². The van der Waals surface area contributed by atoms with Gasteiger partial charge in [0, 0.05) is 40.5 Å². The van der Waals surface area contributed by atoms with Crippen LogP contribution in [0.1, 0.15) is 65.8 Å². The second kappa shape index (κ2) is 13.5. The summed E-state index contributed by atoms with van der Waals surface area (Å²) >= 11 is 3.47. The lowest BCUT2D eigenvalue weighted by atomic mass is 10.0. The predicted octanol–water partition coefficient (Wildman–Crippen LogP) is 9.38. The number of esters is 1. The molecule has 1 aliphatic carbocycles. The summed E-state index contributed by atoms with van der Waals surface area (Å²) < 4.78 is 102. The third-order valence-electron chi connectivity index (χ3n) is 8.17. The van der Waals surface area contributed by atoms with E-state index in [2.05, 4.69) is 42.2 Å². The Bertz CT molecular complexity index is 1780. The van der Waals surface area contributed by atoms with E-state index in [0.29, 0.717) is 29.3 Å². The first-order chi connectivity index (χ1) is 22.7. The second-order valence-electron chi connectivity index (χ2n) is 11.6. The van der Waals surface area contributed by atoms with Crippen LogP contribution in [-0.4, -0.2) is 45.8 Å². The number of thiazole rings is 1.